The van der Waals surface area contributed by atoms with Crippen LogP contribution in [-0.2, 0) is 17.8 Å². The number of piperidine rings is 1. The van der Waals surface area contributed by atoms with Crippen LogP contribution in [0.3, 0.4) is 0 Å². The van der Waals surface area contributed by atoms with Gasteiger partial charge in [-0.25, -0.2) is 9.97 Å². The van der Waals surface area contributed by atoms with E-state index in [9.17, 15) is 9.59 Å². The number of nitrogens with one attached hydrogen (secondary N) is 2. The number of nitrogens with two attached hydrogens (primary N) is 1. The smallest absolute Gasteiger partial charge is 0.271 e. The van der Waals surface area contributed by atoms with Crippen LogP contribution in [0.5, 0.6) is 0 Å². The molecule has 1 aromatic carbocycles. The van der Waals surface area contributed by atoms with Crippen molar-refractivity contribution in [3.8, 4) is 0 Å². The molecule has 2 amide bonds. The summed E-state index contributed by atoms with van der Waals surface area (Å²) in [6.07, 6.45) is 5.45. The average Bonchev–Trinajstić information content (AvgIpc) is 2.84. The number of rotatable bonds is 9. The SMILES string of the molecule is CN1CCc2cc(Nc3nc(N4CCCC(N(C)CCNC=O)C4)cnc3C(N)=O)ccc2C1. The van der Waals surface area contributed by atoms with Gasteiger partial charge in [-0.15, -0.1) is 0 Å². The first-order valence-electron chi connectivity index (χ1n) is 11.8. The molecule has 0 spiro atoms. The molecule has 10 heteroatoms. The van der Waals surface area contributed by atoms with Gasteiger partial charge in [-0.1, -0.05) is 6.07 Å². The number of carbonyl (C=O) groups is 2. The van der Waals surface area contributed by atoms with Crippen LogP contribution in [-0.4, -0.2) is 84.9 Å². The van der Waals surface area contributed by atoms with Crippen molar-refractivity contribution in [2.45, 2.75) is 31.8 Å². The molecule has 10 nitrogen and oxygen atoms in total. The predicted octanol–water partition coefficient (Wildman–Crippen LogP) is 0.954. The van der Waals surface area contributed by atoms with Crippen LogP contribution >= 0.6 is 0 Å². The summed E-state index contributed by atoms with van der Waals surface area (Å²) in [5.41, 5.74) is 9.23. The van der Waals surface area contributed by atoms with Crippen molar-refractivity contribution in [2.75, 3.05) is 57.0 Å². The van der Waals surface area contributed by atoms with Gasteiger partial charge >= 0.3 is 0 Å². The number of aromatic nitrogens is 2. The Kier molecular flexibility index (Phi) is 7.59. The van der Waals surface area contributed by atoms with Gasteiger partial charge in [-0.2, -0.15) is 0 Å². The van der Waals surface area contributed by atoms with E-state index in [-0.39, 0.29) is 5.69 Å². The number of amides is 2. The van der Waals surface area contributed by atoms with Crippen LogP contribution in [0.4, 0.5) is 17.3 Å². The third-order valence-electron chi connectivity index (χ3n) is 6.70. The van der Waals surface area contributed by atoms with Crippen molar-refractivity contribution >= 4 is 29.6 Å². The number of anilines is 3. The fourth-order valence-electron chi connectivity index (χ4n) is 4.71. The van der Waals surface area contributed by atoms with Gasteiger partial charge in [0.1, 0.15) is 5.82 Å². The lowest BCUT2D eigenvalue weighted by molar-refractivity contribution is -0.109. The third kappa shape index (κ3) is 5.63. The Morgan fingerprint density at radius 2 is 2.18 bits per heavy atom. The number of hydrogen-bond acceptors (Lipinski definition) is 8. The fraction of sp³-hybridized carbons (Fsp3) is 0.500. The number of likely N-dealkylation sites (N-methyl/N-ethyl adjacent to an activating group) is 2. The highest BCUT2D eigenvalue weighted by Gasteiger charge is 2.25. The van der Waals surface area contributed by atoms with E-state index in [1.165, 1.54) is 11.1 Å². The molecule has 34 heavy (non-hydrogen) atoms. The van der Waals surface area contributed by atoms with Crippen molar-refractivity contribution in [2.24, 2.45) is 5.73 Å². The van der Waals surface area contributed by atoms with E-state index in [4.69, 9.17) is 10.7 Å². The van der Waals surface area contributed by atoms with E-state index in [0.29, 0.717) is 18.4 Å². The molecule has 1 saturated heterocycles. The Balaban J connectivity index is 1.52. The molecule has 1 aromatic heterocycles. The lowest BCUT2D eigenvalue weighted by Crippen LogP contribution is -2.48. The standard InChI is InChI=1S/C24H34N8O2/c1-30-10-7-17-12-19(6-5-18(17)14-30)28-24-22(23(25)34)27-13-21(29-24)32-9-3-4-20(15-32)31(2)11-8-26-16-33/h5-6,12-13,16,20H,3-4,7-11,14-15H2,1-2H3,(H2,25,34)(H,26,33)(H,28,29). The van der Waals surface area contributed by atoms with Gasteiger partial charge < -0.3 is 26.2 Å². The highest BCUT2D eigenvalue weighted by molar-refractivity contribution is 5.96. The lowest BCUT2D eigenvalue weighted by atomic mass is 9.99. The summed E-state index contributed by atoms with van der Waals surface area (Å²) in [4.78, 5) is 38.5. The summed E-state index contributed by atoms with van der Waals surface area (Å²) in [5.74, 6) is 0.486. The molecule has 2 aliphatic heterocycles. The second-order valence-corrected chi connectivity index (χ2v) is 9.18. The second kappa shape index (κ2) is 10.8. The molecule has 182 valence electrons. The van der Waals surface area contributed by atoms with E-state index in [1.807, 2.05) is 6.07 Å². The number of primary amides is 1. The molecule has 0 bridgehead atoms. The summed E-state index contributed by atoms with van der Waals surface area (Å²) in [6.45, 7) is 5.03. The molecular weight excluding hydrogens is 432 g/mol. The Labute approximate surface area is 200 Å². The molecule has 2 aromatic rings. The van der Waals surface area contributed by atoms with Gasteiger partial charge in [-0.3, -0.25) is 14.5 Å². The quantitative estimate of drug-likeness (QED) is 0.369. The maximum absolute atomic E-state index is 12.1. The van der Waals surface area contributed by atoms with Gasteiger partial charge in [0.25, 0.3) is 5.91 Å². The molecule has 0 radical (unpaired) electrons. The Morgan fingerprint density at radius 3 is 2.97 bits per heavy atom. The second-order valence-electron chi connectivity index (χ2n) is 9.18. The van der Waals surface area contributed by atoms with E-state index in [2.05, 4.69) is 56.5 Å². The van der Waals surface area contributed by atoms with Crippen LogP contribution in [0.2, 0.25) is 0 Å². The summed E-state index contributed by atoms with van der Waals surface area (Å²) in [6, 6.07) is 6.60. The van der Waals surface area contributed by atoms with Gasteiger partial charge in [0, 0.05) is 51.0 Å². The summed E-state index contributed by atoms with van der Waals surface area (Å²) in [5, 5.41) is 6.01. The van der Waals surface area contributed by atoms with Gasteiger partial charge in [-0.05, 0) is 56.6 Å². The number of benzene rings is 1. The summed E-state index contributed by atoms with van der Waals surface area (Å²) < 4.78 is 0. The normalized spacial score (nSPS) is 18.4. The minimum Gasteiger partial charge on any atom is -0.364 e. The van der Waals surface area contributed by atoms with E-state index in [0.717, 1.165) is 69.9 Å². The maximum atomic E-state index is 12.1. The number of nitrogens with zero attached hydrogens (tertiary/aromatic N) is 5. The Morgan fingerprint density at radius 1 is 1.32 bits per heavy atom. The Hall–Kier alpha value is -3.24. The zero-order valence-electron chi connectivity index (χ0n) is 20.0. The fourth-order valence-corrected chi connectivity index (χ4v) is 4.71. The minimum absolute atomic E-state index is 0.131. The van der Waals surface area contributed by atoms with Crippen molar-refractivity contribution in [1.29, 1.82) is 0 Å². The van der Waals surface area contributed by atoms with Crippen molar-refractivity contribution in [3.05, 3.63) is 41.2 Å². The molecular formula is C24H34N8O2. The Bertz CT molecular complexity index is 1030. The summed E-state index contributed by atoms with van der Waals surface area (Å²) in [7, 11) is 4.20. The van der Waals surface area contributed by atoms with Crippen LogP contribution in [0.25, 0.3) is 0 Å². The average molecular weight is 467 g/mol. The summed E-state index contributed by atoms with van der Waals surface area (Å²) >= 11 is 0. The zero-order chi connectivity index (χ0) is 24.1. The molecule has 0 aliphatic carbocycles. The van der Waals surface area contributed by atoms with Crippen LogP contribution in [0.1, 0.15) is 34.5 Å². The molecule has 3 heterocycles. The number of fused-ring (bicyclic) bond motifs is 1. The van der Waals surface area contributed by atoms with E-state index >= 15 is 0 Å². The monoisotopic (exact) mass is 466 g/mol. The molecule has 1 atom stereocenters. The number of hydrogen-bond donors (Lipinski definition) is 3. The molecule has 4 N–H and O–H groups in total. The van der Waals surface area contributed by atoms with Gasteiger partial charge in [0.15, 0.2) is 11.5 Å². The number of carbonyl (C=O) groups excluding carboxylic acids is 2. The molecule has 2 aliphatic rings. The first-order valence-corrected chi connectivity index (χ1v) is 11.8. The molecule has 1 fully saturated rings. The predicted molar refractivity (Wildman–Crippen MR) is 132 cm³/mol. The van der Waals surface area contributed by atoms with Crippen LogP contribution in [0.15, 0.2) is 24.4 Å². The molecule has 1 unspecified atom stereocenters. The topological polar surface area (TPSA) is 120 Å². The lowest BCUT2D eigenvalue weighted by Gasteiger charge is -2.38. The first kappa shape index (κ1) is 23.9. The van der Waals surface area contributed by atoms with Crippen molar-refractivity contribution < 1.29 is 9.59 Å². The van der Waals surface area contributed by atoms with Crippen LogP contribution in [0, 0.1) is 0 Å². The molecule has 0 saturated carbocycles. The third-order valence-corrected chi connectivity index (χ3v) is 6.70. The van der Waals surface area contributed by atoms with Crippen molar-refractivity contribution in [3.63, 3.8) is 0 Å². The minimum atomic E-state index is -0.611. The highest BCUT2D eigenvalue weighted by atomic mass is 16.1. The first-order chi connectivity index (χ1) is 16.4. The van der Waals surface area contributed by atoms with Gasteiger partial charge in [0.2, 0.25) is 6.41 Å². The van der Waals surface area contributed by atoms with E-state index < -0.39 is 5.91 Å². The van der Waals surface area contributed by atoms with E-state index in [1.54, 1.807) is 6.20 Å². The largest absolute Gasteiger partial charge is 0.364 e. The maximum Gasteiger partial charge on any atom is 0.271 e. The van der Waals surface area contributed by atoms with Crippen LogP contribution < -0.4 is 21.3 Å². The zero-order valence-corrected chi connectivity index (χ0v) is 20.0. The van der Waals surface area contributed by atoms with Gasteiger partial charge in [0.05, 0.1) is 6.20 Å². The molecule has 4 rings (SSSR count). The van der Waals surface area contributed by atoms with Crippen molar-refractivity contribution in [1.82, 2.24) is 25.1 Å². The highest BCUT2D eigenvalue weighted by Crippen LogP contribution is 2.27.